The highest BCUT2D eigenvalue weighted by molar-refractivity contribution is 7.86. The summed E-state index contributed by atoms with van der Waals surface area (Å²) in [6.45, 7) is 2.39. The lowest BCUT2D eigenvalue weighted by Gasteiger charge is -2.04. The molecule has 1 heterocycles. The number of nitrogens with one attached hydrogen (secondary N) is 1. The highest BCUT2D eigenvalue weighted by Gasteiger charge is 2.10. The van der Waals surface area contributed by atoms with Crippen molar-refractivity contribution in [3.63, 3.8) is 0 Å². The van der Waals surface area contributed by atoms with E-state index in [0.29, 0.717) is 12.3 Å². The van der Waals surface area contributed by atoms with Gasteiger partial charge < -0.3 is 9.50 Å². The van der Waals surface area contributed by atoms with Crippen LogP contribution in [0.5, 0.6) is 5.75 Å². The molecular formula is C10H13NO4S. The van der Waals surface area contributed by atoms with Gasteiger partial charge in [-0.2, -0.15) is 8.42 Å². The summed E-state index contributed by atoms with van der Waals surface area (Å²) >= 11 is 0. The van der Waals surface area contributed by atoms with Crippen molar-refractivity contribution in [1.29, 1.82) is 0 Å². The molecule has 0 atom stereocenters. The molecule has 1 N–H and O–H groups in total. The number of aryl methyl sites for hydroxylation is 1. The molecule has 5 nitrogen and oxygen atoms in total. The molecule has 0 unspecified atom stereocenters. The van der Waals surface area contributed by atoms with Gasteiger partial charge in [0, 0.05) is 0 Å². The summed E-state index contributed by atoms with van der Waals surface area (Å²) in [5, 5.41) is 2.46. The summed E-state index contributed by atoms with van der Waals surface area (Å²) in [5.74, 6) is 0.556. The van der Waals surface area contributed by atoms with Crippen LogP contribution in [-0.4, -0.2) is 27.1 Å². The molecule has 1 amide bonds. The molecular weight excluding hydrogens is 230 g/mol. The zero-order valence-corrected chi connectivity index (χ0v) is 9.87. The second-order valence-electron chi connectivity index (χ2n) is 3.33. The standard InChI is InChI=1S/C8H10O3S.C2H3NO/c1-7-5-3-4-6-8(7)11-12(2,9)10;4-2-1-3-2/h3-6H,1-2H3;1H2,(H,3,4). The van der Waals surface area contributed by atoms with Gasteiger partial charge in [-0.05, 0) is 18.6 Å². The van der Waals surface area contributed by atoms with E-state index in [0.717, 1.165) is 11.8 Å². The smallest absolute Gasteiger partial charge is 0.306 e. The predicted octanol–water partition coefficient (Wildman–Crippen LogP) is 0.450. The van der Waals surface area contributed by atoms with Gasteiger partial charge in [0.15, 0.2) is 0 Å². The van der Waals surface area contributed by atoms with Crippen LogP contribution in [0.3, 0.4) is 0 Å². The van der Waals surface area contributed by atoms with E-state index in [1.165, 1.54) is 0 Å². The molecule has 1 aromatic carbocycles. The van der Waals surface area contributed by atoms with Crippen molar-refractivity contribution in [3.05, 3.63) is 29.8 Å². The van der Waals surface area contributed by atoms with Gasteiger partial charge in [0.2, 0.25) is 5.91 Å². The Bertz CT molecular complexity index is 475. The Morgan fingerprint density at radius 2 is 1.81 bits per heavy atom. The van der Waals surface area contributed by atoms with Crippen LogP contribution in [0.4, 0.5) is 0 Å². The minimum atomic E-state index is -3.40. The van der Waals surface area contributed by atoms with E-state index in [-0.39, 0.29) is 5.91 Å². The number of amides is 1. The maximum atomic E-state index is 10.7. The Balaban J connectivity index is 0.000000267. The minimum Gasteiger partial charge on any atom is -0.382 e. The molecule has 0 bridgehead atoms. The van der Waals surface area contributed by atoms with Gasteiger partial charge in [0.25, 0.3) is 0 Å². The Kier molecular flexibility index (Phi) is 3.89. The maximum Gasteiger partial charge on any atom is 0.306 e. The Labute approximate surface area is 94.6 Å². The quantitative estimate of drug-likeness (QED) is 0.604. The average molecular weight is 243 g/mol. The lowest BCUT2D eigenvalue weighted by molar-refractivity contribution is -0.110. The first-order valence-corrected chi connectivity index (χ1v) is 6.42. The number of para-hydroxylation sites is 1. The molecule has 1 aliphatic heterocycles. The van der Waals surface area contributed by atoms with Gasteiger partial charge in [-0.15, -0.1) is 0 Å². The highest BCUT2D eigenvalue weighted by Crippen LogP contribution is 2.17. The fourth-order valence-corrected chi connectivity index (χ4v) is 1.36. The van der Waals surface area contributed by atoms with Gasteiger partial charge in [-0.25, -0.2) is 0 Å². The lowest BCUT2D eigenvalue weighted by Crippen LogP contribution is -2.06. The molecule has 1 saturated heterocycles. The zero-order valence-electron chi connectivity index (χ0n) is 9.06. The molecule has 1 aromatic rings. The fraction of sp³-hybridized carbons (Fsp3) is 0.300. The second-order valence-corrected chi connectivity index (χ2v) is 4.90. The van der Waals surface area contributed by atoms with E-state index < -0.39 is 10.1 Å². The first-order chi connectivity index (χ1) is 7.38. The zero-order chi connectivity index (χ0) is 12.2. The molecule has 2 rings (SSSR count). The van der Waals surface area contributed by atoms with Crippen molar-refractivity contribution in [2.45, 2.75) is 6.92 Å². The van der Waals surface area contributed by atoms with Gasteiger partial charge in [-0.3, -0.25) is 4.79 Å². The molecule has 0 spiro atoms. The van der Waals surface area contributed by atoms with E-state index >= 15 is 0 Å². The third-order valence-electron chi connectivity index (χ3n) is 1.66. The SMILES string of the molecule is Cc1ccccc1OS(C)(=O)=O.O=C1CN1. The summed E-state index contributed by atoms with van der Waals surface area (Å²) in [4.78, 5) is 9.44. The van der Waals surface area contributed by atoms with Crippen LogP contribution in [0, 0.1) is 6.92 Å². The normalized spacial score (nSPS) is 13.2. The van der Waals surface area contributed by atoms with Gasteiger partial charge in [-0.1, -0.05) is 18.2 Å². The third-order valence-corrected chi connectivity index (χ3v) is 2.14. The number of rotatable bonds is 2. The van der Waals surface area contributed by atoms with Crippen LogP contribution in [-0.2, 0) is 14.9 Å². The lowest BCUT2D eigenvalue weighted by atomic mass is 10.2. The van der Waals surface area contributed by atoms with E-state index in [1.807, 2.05) is 6.07 Å². The Hall–Kier alpha value is -1.56. The Morgan fingerprint density at radius 3 is 2.19 bits per heavy atom. The summed E-state index contributed by atoms with van der Waals surface area (Å²) in [7, 11) is -3.40. The summed E-state index contributed by atoms with van der Waals surface area (Å²) in [6, 6.07) is 6.97. The van der Waals surface area contributed by atoms with E-state index in [4.69, 9.17) is 4.18 Å². The first kappa shape index (κ1) is 12.5. The van der Waals surface area contributed by atoms with E-state index in [9.17, 15) is 13.2 Å². The van der Waals surface area contributed by atoms with Crippen LogP contribution < -0.4 is 9.50 Å². The van der Waals surface area contributed by atoms with Gasteiger partial charge in [0.1, 0.15) is 5.75 Å². The first-order valence-electron chi connectivity index (χ1n) is 4.60. The van der Waals surface area contributed by atoms with Crippen molar-refractivity contribution in [1.82, 2.24) is 5.32 Å². The molecule has 16 heavy (non-hydrogen) atoms. The van der Waals surface area contributed by atoms with Crippen LogP contribution in [0.25, 0.3) is 0 Å². The van der Waals surface area contributed by atoms with E-state index in [2.05, 4.69) is 5.32 Å². The second kappa shape index (κ2) is 4.98. The minimum absolute atomic E-state index is 0.167. The molecule has 0 aliphatic carbocycles. The van der Waals surface area contributed by atoms with Gasteiger partial charge >= 0.3 is 10.1 Å². The van der Waals surface area contributed by atoms with Crippen molar-refractivity contribution in [3.8, 4) is 5.75 Å². The molecule has 0 saturated carbocycles. The van der Waals surface area contributed by atoms with E-state index in [1.54, 1.807) is 25.1 Å². The molecule has 0 radical (unpaired) electrons. The number of carbonyl (C=O) groups excluding carboxylic acids is 1. The molecule has 0 aromatic heterocycles. The molecule has 1 aliphatic rings. The van der Waals surface area contributed by atoms with Crippen LogP contribution in [0.2, 0.25) is 0 Å². The Morgan fingerprint density at radius 1 is 1.31 bits per heavy atom. The summed E-state index contributed by atoms with van der Waals surface area (Å²) < 4.78 is 26.2. The average Bonchev–Trinajstić information content (AvgIpc) is 2.91. The predicted molar refractivity (Wildman–Crippen MR) is 59.7 cm³/mol. The number of hydrogen-bond acceptors (Lipinski definition) is 4. The largest absolute Gasteiger partial charge is 0.382 e. The number of hydrogen-bond donors (Lipinski definition) is 1. The van der Waals surface area contributed by atoms with Crippen molar-refractivity contribution in [2.75, 3.05) is 12.8 Å². The monoisotopic (exact) mass is 243 g/mol. The van der Waals surface area contributed by atoms with Crippen molar-refractivity contribution in [2.24, 2.45) is 0 Å². The van der Waals surface area contributed by atoms with Crippen molar-refractivity contribution < 1.29 is 17.4 Å². The topological polar surface area (TPSA) is 82.4 Å². The summed E-state index contributed by atoms with van der Waals surface area (Å²) in [5.41, 5.74) is 0.808. The number of benzene rings is 1. The highest BCUT2D eigenvalue weighted by atomic mass is 32.2. The number of carbonyl (C=O) groups is 1. The fourth-order valence-electron chi connectivity index (χ4n) is 0.849. The maximum absolute atomic E-state index is 10.7. The third kappa shape index (κ3) is 5.35. The van der Waals surface area contributed by atoms with Crippen LogP contribution in [0.15, 0.2) is 24.3 Å². The molecule has 88 valence electrons. The molecule has 6 heteroatoms. The van der Waals surface area contributed by atoms with Crippen molar-refractivity contribution >= 4 is 16.0 Å². The van der Waals surface area contributed by atoms with Crippen LogP contribution in [0.1, 0.15) is 5.56 Å². The summed E-state index contributed by atoms with van der Waals surface area (Å²) in [6.07, 6.45) is 1.03. The molecule has 1 fully saturated rings. The van der Waals surface area contributed by atoms with Crippen LogP contribution >= 0.6 is 0 Å². The van der Waals surface area contributed by atoms with Gasteiger partial charge in [0.05, 0.1) is 12.8 Å².